The van der Waals surface area contributed by atoms with Gasteiger partial charge >= 0.3 is 0 Å². The van der Waals surface area contributed by atoms with Gasteiger partial charge < -0.3 is 5.32 Å². The predicted octanol–water partition coefficient (Wildman–Crippen LogP) is 3.66. The molecule has 0 unspecified atom stereocenters. The van der Waals surface area contributed by atoms with E-state index in [2.05, 4.69) is 42.2 Å². The summed E-state index contributed by atoms with van der Waals surface area (Å²) < 4.78 is -0.868. The molecular formula is C9H9Br2ClN2O. The van der Waals surface area contributed by atoms with Crippen molar-refractivity contribution in [3.05, 3.63) is 22.8 Å². The third-order valence-electron chi connectivity index (χ3n) is 1.72. The molecule has 1 N–H and O–H groups in total. The molecule has 0 atom stereocenters. The highest BCUT2D eigenvalue weighted by Gasteiger charge is 2.43. The first-order valence-corrected chi connectivity index (χ1v) is 6.34. The maximum absolute atomic E-state index is 11.4. The number of anilines is 1. The lowest BCUT2D eigenvalue weighted by Crippen LogP contribution is -2.20. The van der Waals surface area contributed by atoms with Crippen molar-refractivity contribution in [3.8, 4) is 0 Å². The summed E-state index contributed by atoms with van der Waals surface area (Å²) in [7, 11) is 0. The first-order chi connectivity index (χ1) is 7.01. The highest BCUT2D eigenvalue weighted by molar-refractivity contribution is 9.25. The number of hydrogen-bond donors (Lipinski definition) is 1. The van der Waals surface area contributed by atoms with Gasteiger partial charge in [-0.1, -0.05) is 57.3 Å². The molecule has 1 aromatic heterocycles. The number of rotatable bonds is 0. The molecule has 1 aromatic rings. The molecular weight excluding hydrogens is 347 g/mol. The van der Waals surface area contributed by atoms with Crippen LogP contribution in [0.3, 0.4) is 0 Å². The number of alkyl halides is 2. The molecule has 0 spiro atoms. The van der Waals surface area contributed by atoms with Gasteiger partial charge in [0.2, 0.25) is 0 Å². The van der Waals surface area contributed by atoms with E-state index in [1.807, 2.05) is 13.8 Å². The van der Waals surface area contributed by atoms with Crippen molar-refractivity contribution in [2.24, 2.45) is 0 Å². The Bertz CT molecular complexity index is 396. The van der Waals surface area contributed by atoms with E-state index in [-0.39, 0.29) is 5.91 Å². The van der Waals surface area contributed by atoms with Crippen LogP contribution in [0.5, 0.6) is 0 Å². The predicted molar refractivity (Wildman–Crippen MR) is 68.8 cm³/mol. The number of fused-ring (bicyclic) bond motifs is 1. The zero-order valence-corrected chi connectivity index (χ0v) is 12.1. The normalized spacial score (nSPS) is 16.2. The summed E-state index contributed by atoms with van der Waals surface area (Å²) in [6.07, 6.45) is 0. The largest absolute Gasteiger partial charge is 0.308 e. The molecule has 1 aliphatic rings. The minimum atomic E-state index is -0.868. The quantitative estimate of drug-likeness (QED) is 0.569. The van der Waals surface area contributed by atoms with Crippen molar-refractivity contribution in [2.75, 3.05) is 5.32 Å². The van der Waals surface area contributed by atoms with Gasteiger partial charge in [-0.3, -0.25) is 4.79 Å². The van der Waals surface area contributed by atoms with Gasteiger partial charge in [0.15, 0.2) is 3.23 Å². The lowest BCUT2D eigenvalue weighted by Gasteiger charge is -2.08. The molecule has 3 nitrogen and oxygen atoms in total. The van der Waals surface area contributed by atoms with Gasteiger partial charge in [-0.15, -0.1) is 0 Å². The fourth-order valence-electron chi connectivity index (χ4n) is 1.09. The molecule has 2 rings (SSSR count). The Balaban J connectivity index is 0.000000531. The number of nitrogens with one attached hydrogen (secondary N) is 1. The first kappa shape index (κ1) is 12.9. The number of aromatic nitrogens is 1. The van der Waals surface area contributed by atoms with Gasteiger partial charge in [0, 0.05) is 5.56 Å². The summed E-state index contributed by atoms with van der Waals surface area (Å²) in [4.78, 5) is 15.3. The van der Waals surface area contributed by atoms with E-state index >= 15 is 0 Å². The molecule has 0 aromatic carbocycles. The Hall–Kier alpha value is -0.130. The minimum absolute atomic E-state index is 0.197. The lowest BCUT2D eigenvalue weighted by atomic mass is 10.2. The highest BCUT2D eigenvalue weighted by Crippen LogP contribution is 2.46. The van der Waals surface area contributed by atoms with Gasteiger partial charge in [-0.05, 0) is 12.1 Å². The minimum Gasteiger partial charge on any atom is -0.308 e. The van der Waals surface area contributed by atoms with Crippen molar-refractivity contribution in [1.82, 2.24) is 4.98 Å². The summed E-state index contributed by atoms with van der Waals surface area (Å²) in [5, 5.41) is 2.96. The zero-order chi connectivity index (χ0) is 11.6. The number of nitrogens with zero attached hydrogens (tertiary/aromatic N) is 1. The first-order valence-electron chi connectivity index (χ1n) is 4.38. The monoisotopic (exact) mass is 354 g/mol. The lowest BCUT2D eigenvalue weighted by molar-refractivity contribution is -0.115. The number of amides is 1. The molecule has 0 radical (unpaired) electrons. The summed E-state index contributed by atoms with van der Waals surface area (Å²) in [6, 6.07) is 3.38. The van der Waals surface area contributed by atoms with E-state index in [1.54, 1.807) is 12.1 Å². The molecule has 1 amide bonds. The van der Waals surface area contributed by atoms with Crippen molar-refractivity contribution in [1.29, 1.82) is 0 Å². The number of hydrogen-bond acceptors (Lipinski definition) is 2. The van der Waals surface area contributed by atoms with Crippen LogP contribution in [0.4, 0.5) is 5.82 Å². The third kappa shape index (κ3) is 2.34. The third-order valence-corrected chi connectivity index (χ3v) is 3.50. The number of carbonyl (C=O) groups is 1. The second kappa shape index (κ2) is 4.80. The van der Waals surface area contributed by atoms with E-state index in [4.69, 9.17) is 11.6 Å². The molecule has 0 saturated heterocycles. The number of carbonyl (C=O) groups excluding carboxylic acids is 1. The Morgan fingerprint density at radius 2 is 2.00 bits per heavy atom. The van der Waals surface area contributed by atoms with Crippen LogP contribution in [0.2, 0.25) is 5.15 Å². The van der Waals surface area contributed by atoms with Crippen LogP contribution in [-0.2, 0) is 8.03 Å². The fourth-order valence-corrected chi connectivity index (χ4v) is 2.08. The average molecular weight is 356 g/mol. The molecule has 15 heavy (non-hydrogen) atoms. The summed E-state index contributed by atoms with van der Waals surface area (Å²) in [6.45, 7) is 4.00. The van der Waals surface area contributed by atoms with Gasteiger partial charge in [0.25, 0.3) is 5.91 Å². The van der Waals surface area contributed by atoms with Crippen molar-refractivity contribution < 1.29 is 4.79 Å². The second-order valence-corrected chi connectivity index (χ2v) is 6.39. The second-order valence-electron chi connectivity index (χ2n) is 2.56. The fraction of sp³-hybridized carbons (Fsp3) is 0.333. The topological polar surface area (TPSA) is 42.0 Å². The van der Waals surface area contributed by atoms with Gasteiger partial charge in [-0.2, -0.15) is 0 Å². The molecule has 0 fully saturated rings. The van der Waals surface area contributed by atoms with E-state index in [9.17, 15) is 4.79 Å². The molecule has 2 heterocycles. The van der Waals surface area contributed by atoms with Gasteiger partial charge in [0.1, 0.15) is 11.0 Å². The van der Waals surface area contributed by atoms with Gasteiger partial charge in [-0.25, -0.2) is 4.98 Å². The Labute approximate surface area is 110 Å². The Morgan fingerprint density at radius 1 is 1.40 bits per heavy atom. The van der Waals surface area contributed by atoms with Crippen LogP contribution in [0.1, 0.15) is 19.4 Å². The molecule has 0 aliphatic carbocycles. The van der Waals surface area contributed by atoms with Crippen molar-refractivity contribution in [2.45, 2.75) is 17.1 Å². The van der Waals surface area contributed by atoms with Crippen molar-refractivity contribution in [3.63, 3.8) is 0 Å². The standard InChI is InChI=1S/C7H3Br2ClN2O.C2H6/c8-7(9)3-1-2-4(10)11-5(3)12-6(7)13;1-2/h1-2H,(H,11,12,13);1-2H3. The van der Waals surface area contributed by atoms with E-state index in [1.165, 1.54) is 0 Å². The molecule has 0 saturated carbocycles. The van der Waals surface area contributed by atoms with Crippen LogP contribution in [0, 0.1) is 0 Å². The van der Waals surface area contributed by atoms with Crippen LogP contribution in [0.15, 0.2) is 12.1 Å². The van der Waals surface area contributed by atoms with Crippen LogP contribution < -0.4 is 5.32 Å². The molecule has 0 bridgehead atoms. The summed E-state index contributed by atoms with van der Waals surface area (Å²) >= 11 is 12.2. The van der Waals surface area contributed by atoms with E-state index in [0.717, 1.165) is 5.56 Å². The molecule has 1 aliphatic heterocycles. The van der Waals surface area contributed by atoms with Crippen LogP contribution in [-0.4, -0.2) is 10.9 Å². The Kier molecular flexibility index (Phi) is 4.14. The van der Waals surface area contributed by atoms with Crippen LogP contribution in [0.25, 0.3) is 0 Å². The molecule has 6 heteroatoms. The van der Waals surface area contributed by atoms with Crippen LogP contribution >= 0.6 is 43.5 Å². The van der Waals surface area contributed by atoms with E-state index < -0.39 is 3.23 Å². The van der Waals surface area contributed by atoms with Gasteiger partial charge in [0.05, 0.1) is 0 Å². The SMILES string of the molecule is CC.O=C1Nc2nc(Cl)ccc2C1(Br)Br. The highest BCUT2D eigenvalue weighted by atomic mass is 79.9. The van der Waals surface area contributed by atoms with E-state index in [0.29, 0.717) is 11.0 Å². The van der Waals surface area contributed by atoms with Crippen molar-refractivity contribution >= 4 is 55.2 Å². The zero-order valence-electron chi connectivity index (χ0n) is 8.14. The summed E-state index contributed by atoms with van der Waals surface area (Å²) in [5.41, 5.74) is 0.738. The average Bonchev–Trinajstić information content (AvgIpc) is 2.41. The number of pyridine rings is 1. The maximum atomic E-state index is 11.4. The maximum Gasteiger partial charge on any atom is 0.258 e. The number of halogens is 3. The molecule has 82 valence electrons. The Morgan fingerprint density at radius 3 is 2.60 bits per heavy atom. The smallest absolute Gasteiger partial charge is 0.258 e. The summed E-state index contributed by atoms with van der Waals surface area (Å²) in [5.74, 6) is 0.295.